The van der Waals surface area contributed by atoms with Crippen LogP contribution in [0.4, 0.5) is 0 Å². The van der Waals surface area contributed by atoms with Crippen LogP contribution in [0.3, 0.4) is 0 Å². The molecule has 0 heterocycles. The van der Waals surface area contributed by atoms with E-state index in [2.05, 4.69) is 17.4 Å². The molecule has 4 nitrogen and oxygen atoms in total. The van der Waals surface area contributed by atoms with E-state index in [1.807, 2.05) is 6.08 Å². The molecule has 2 atom stereocenters. The van der Waals surface area contributed by atoms with Crippen molar-refractivity contribution in [3.8, 4) is 0 Å². The molecule has 0 aliphatic heterocycles. The number of ether oxygens (including phenoxy) is 1. The lowest BCUT2D eigenvalue weighted by molar-refractivity contribution is -0.140. The molecule has 1 saturated carbocycles. The van der Waals surface area contributed by atoms with Crippen molar-refractivity contribution in [2.45, 2.75) is 141 Å². The van der Waals surface area contributed by atoms with Gasteiger partial charge in [0.05, 0.1) is 18.8 Å². The topological polar surface area (TPSA) is 66.8 Å². The smallest absolute Gasteiger partial charge is 0.305 e. The molecule has 1 rings (SSSR count). The van der Waals surface area contributed by atoms with Crippen LogP contribution in [0.2, 0.25) is 0 Å². The van der Waals surface area contributed by atoms with Crippen LogP contribution < -0.4 is 0 Å². The van der Waals surface area contributed by atoms with Crippen LogP contribution in [0.1, 0.15) is 129 Å². The zero-order chi connectivity index (χ0) is 22.8. The van der Waals surface area contributed by atoms with Crippen LogP contribution in [0, 0.1) is 0 Å². The molecule has 180 valence electrons. The number of rotatable bonds is 17. The Kier molecular flexibility index (Phi) is 15.7. The molecule has 0 radical (unpaired) electrons. The largest absolute Gasteiger partial charge is 0.469 e. The predicted molar refractivity (Wildman–Crippen MR) is 128 cm³/mol. The molecule has 2 N–H and O–H groups in total. The summed E-state index contributed by atoms with van der Waals surface area (Å²) in [5, 5.41) is 21.4. The van der Waals surface area contributed by atoms with Crippen molar-refractivity contribution in [1.29, 1.82) is 0 Å². The SMILES string of the molecule is CCCCCCC(O)(C=C=C1CCCC[C@H]1O)CCCCCCCCCCC(=O)OC. The molecule has 1 aliphatic rings. The number of aliphatic hydroxyl groups is 2. The molecule has 0 saturated heterocycles. The molecule has 1 fully saturated rings. The van der Waals surface area contributed by atoms with Crippen LogP contribution in [0.15, 0.2) is 17.4 Å². The maximum Gasteiger partial charge on any atom is 0.305 e. The normalized spacial score (nSPS) is 18.3. The molecule has 1 aliphatic carbocycles. The van der Waals surface area contributed by atoms with Crippen LogP contribution in [-0.4, -0.2) is 35.0 Å². The van der Waals surface area contributed by atoms with Crippen molar-refractivity contribution in [3.05, 3.63) is 17.4 Å². The van der Waals surface area contributed by atoms with Crippen molar-refractivity contribution in [2.24, 2.45) is 0 Å². The second-order valence-electron chi connectivity index (χ2n) is 9.39. The quantitative estimate of drug-likeness (QED) is 0.150. The second-order valence-corrected chi connectivity index (χ2v) is 9.39. The van der Waals surface area contributed by atoms with E-state index in [0.717, 1.165) is 76.2 Å². The summed E-state index contributed by atoms with van der Waals surface area (Å²) in [5.41, 5.74) is 3.50. The fourth-order valence-electron chi connectivity index (χ4n) is 4.38. The van der Waals surface area contributed by atoms with Gasteiger partial charge in [-0.2, -0.15) is 0 Å². The molecule has 1 unspecified atom stereocenters. The van der Waals surface area contributed by atoms with Gasteiger partial charge < -0.3 is 14.9 Å². The number of carbonyl (C=O) groups is 1. The Morgan fingerprint density at radius 1 is 1.00 bits per heavy atom. The van der Waals surface area contributed by atoms with E-state index in [0.29, 0.717) is 6.42 Å². The monoisotopic (exact) mass is 436 g/mol. The lowest BCUT2D eigenvalue weighted by atomic mass is 9.88. The number of hydrogen-bond acceptors (Lipinski definition) is 4. The highest BCUT2D eigenvalue weighted by molar-refractivity contribution is 5.68. The van der Waals surface area contributed by atoms with Crippen molar-refractivity contribution < 1.29 is 19.7 Å². The standard InChI is InChI=1S/C27H48O4/c1-3-4-5-15-21-27(30,23-20-24-17-13-14-18-25(24)28)22-16-11-9-7-6-8-10-12-19-26(29)31-2/h23,25,28,30H,3-19,21-22H2,1-2H3/t20?,25-,27?/m1/s1. The van der Waals surface area contributed by atoms with Crippen LogP contribution in [-0.2, 0) is 9.53 Å². The molecule has 0 aromatic rings. The minimum atomic E-state index is -0.786. The Balaban J connectivity index is 2.34. The summed E-state index contributed by atoms with van der Waals surface area (Å²) in [5.74, 6) is -0.107. The third kappa shape index (κ3) is 13.8. The molecule has 4 heteroatoms. The molecule has 0 amide bonds. The van der Waals surface area contributed by atoms with Crippen molar-refractivity contribution in [2.75, 3.05) is 7.11 Å². The first-order valence-electron chi connectivity index (χ1n) is 12.9. The summed E-state index contributed by atoms with van der Waals surface area (Å²) < 4.78 is 4.66. The van der Waals surface area contributed by atoms with Gasteiger partial charge in [-0.3, -0.25) is 4.79 Å². The van der Waals surface area contributed by atoms with Gasteiger partial charge in [-0.15, -0.1) is 5.73 Å². The highest BCUT2D eigenvalue weighted by Crippen LogP contribution is 2.27. The van der Waals surface area contributed by atoms with E-state index >= 15 is 0 Å². The second kappa shape index (κ2) is 17.5. The Labute approximate surface area is 191 Å². The number of aliphatic hydroxyl groups excluding tert-OH is 1. The summed E-state index contributed by atoms with van der Waals surface area (Å²) in [7, 11) is 1.45. The Hall–Kier alpha value is -1.09. The highest BCUT2D eigenvalue weighted by Gasteiger charge is 2.23. The minimum absolute atomic E-state index is 0.107. The van der Waals surface area contributed by atoms with Gasteiger partial charge in [0.2, 0.25) is 0 Å². The van der Waals surface area contributed by atoms with Crippen LogP contribution >= 0.6 is 0 Å². The van der Waals surface area contributed by atoms with Gasteiger partial charge in [-0.25, -0.2) is 0 Å². The number of methoxy groups -OCH3 is 1. The summed E-state index contributed by atoms with van der Waals surface area (Å²) in [6, 6.07) is 0. The molecule has 0 aromatic carbocycles. The van der Waals surface area contributed by atoms with Gasteiger partial charge in [0, 0.05) is 6.42 Å². The maximum atomic E-state index is 11.2. The Bertz CT molecular complexity index is 535. The summed E-state index contributed by atoms with van der Waals surface area (Å²) in [6.07, 6.45) is 21.2. The van der Waals surface area contributed by atoms with Gasteiger partial charge in [0.15, 0.2) is 0 Å². The summed E-state index contributed by atoms with van der Waals surface area (Å²) >= 11 is 0. The van der Waals surface area contributed by atoms with Gasteiger partial charge in [-0.05, 0) is 50.2 Å². The zero-order valence-electron chi connectivity index (χ0n) is 20.3. The van der Waals surface area contributed by atoms with Gasteiger partial charge in [0.25, 0.3) is 0 Å². The fraction of sp³-hybridized carbons (Fsp3) is 0.852. The average molecular weight is 437 g/mol. The van der Waals surface area contributed by atoms with Crippen LogP contribution in [0.25, 0.3) is 0 Å². The van der Waals surface area contributed by atoms with Crippen molar-refractivity contribution >= 4 is 5.97 Å². The van der Waals surface area contributed by atoms with E-state index in [9.17, 15) is 15.0 Å². The van der Waals surface area contributed by atoms with Crippen molar-refractivity contribution in [3.63, 3.8) is 0 Å². The van der Waals surface area contributed by atoms with E-state index in [-0.39, 0.29) is 12.1 Å². The number of esters is 1. The number of unbranched alkanes of at least 4 members (excludes halogenated alkanes) is 10. The first kappa shape index (κ1) is 27.9. The van der Waals surface area contributed by atoms with E-state index < -0.39 is 5.60 Å². The molecular weight excluding hydrogens is 388 g/mol. The number of carbonyl (C=O) groups excluding carboxylic acids is 1. The third-order valence-electron chi connectivity index (χ3n) is 6.53. The summed E-state index contributed by atoms with van der Waals surface area (Å²) in [4.78, 5) is 11.1. The molecule has 31 heavy (non-hydrogen) atoms. The zero-order valence-corrected chi connectivity index (χ0v) is 20.3. The minimum Gasteiger partial charge on any atom is -0.469 e. The third-order valence-corrected chi connectivity index (χ3v) is 6.53. The van der Waals surface area contributed by atoms with Gasteiger partial charge in [0.1, 0.15) is 0 Å². The predicted octanol–water partition coefficient (Wildman–Crippen LogP) is 6.78. The fourth-order valence-corrected chi connectivity index (χ4v) is 4.38. The average Bonchev–Trinajstić information content (AvgIpc) is 2.77. The van der Waals surface area contributed by atoms with Crippen molar-refractivity contribution in [1.82, 2.24) is 0 Å². The first-order chi connectivity index (χ1) is 15.0. The lowest BCUT2D eigenvalue weighted by Crippen LogP contribution is -2.25. The molecule has 0 bridgehead atoms. The van der Waals surface area contributed by atoms with E-state index in [4.69, 9.17) is 0 Å². The van der Waals surface area contributed by atoms with Crippen LogP contribution in [0.5, 0.6) is 0 Å². The first-order valence-corrected chi connectivity index (χ1v) is 12.9. The number of hydrogen-bond donors (Lipinski definition) is 2. The Morgan fingerprint density at radius 3 is 2.16 bits per heavy atom. The maximum absolute atomic E-state index is 11.2. The van der Waals surface area contributed by atoms with E-state index in [1.165, 1.54) is 52.1 Å². The van der Waals surface area contributed by atoms with E-state index in [1.54, 1.807) is 0 Å². The molecule has 0 spiro atoms. The highest BCUT2D eigenvalue weighted by atomic mass is 16.5. The molecular formula is C27H48O4. The Morgan fingerprint density at radius 2 is 1.58 bits per heavy atom. The van der Waals surface area contributed by atoms with Gasteiger partial charge >= 0.3 is 5.97 Å². The van der Waals surface area contributed by atoms with Gasteiger partial charge in [-0.1, -0.05) is 84.0 Å². The lowest BCUT2D eigenvalue weighted by Gasteiger charge is -2.25. The molecule has 0 aromatic heterocycles. The summed E-state index contributed by atoms with van der Waals surface area (Å²) in [6.45, 7) is 2.21.